The van der Waals surface area contributed by atoms with Gasteiger partial charge in [0.05, 0.1) is 0 Å². The summed E-state index contributed by atoms with van der Waals surface area (Å²) in [5.74, 6) is 1.87. The molecule has 0 aliphatic carbocycles. The minimum absolute atomic E-state index is 0.216. The number of rotatable bonds is 4. The van der Waals surface area contributed by atoms with Crippen molar-refractivity contribution in [2.45, 2.75) is 32.6 Å². The Bertz CT molecular complexity index is 459. The van der Waals surface area contributed by atoms with Crippen LogP contribution in [0.3, 0.4) is 0 Å². The molecule has 0 spiro atoms. The van der Waals surface area contributed by atoms with E-state index < -0.39 is 0 Å². The summed E-state index contributed by atoms with van der Waals surface area (Å²) in [6.45, 7) is 3.54. The summed E-state index contributed by atoms with van der Waals surface area (Å²) >= 11 is 0. The molecule has 0 unspecified atom stereocenters. The highest BCUT2D eigenvalue weighted by atomic mass is 16.2. The zero-order valence-corrected chi connectivity index (χ0v) is 12.8. The Balaban J connectivity index is 1.88. The van der Waals surface area contributed by atoms with Gasteiger partial charge in [-0.2, -0.15) is 0 Å². The molecule has 20 heavy (non-hydrogen) atoms. The average Bonchev–Trinajstić information content (AvgIpc) is 2.45. The molecular weight excluding hydrogens is 250 g/mol. The highest BCUT2D eigenvalue weighted by Crippen LogP contribution is 2.22. The number of nitrogens with zero attached hydrogens (tertiary/aromatic N) is 3. The number of likely N-dealkylation sites (tertiary alicyclic amines) is 1. The molecule has 4 nitrogen and oxygen atoms in total. The summed E-state index contributed by atoms with van der Waals surface area (Å²) in [6.07, 6.45) is 6.49. The van der Waals surface area contributed by atoms with E-state index in [0.29, 0.717) is 5.92 Å². The Kier molecular flexibility index (Phi) is 4.99. The van der Waals surface area contributed by atoms with Gasteiger partial charge in [-0.15, -0.1) is 0 Å². The molecule has 1 atom stereocenters. The van der Waals surface area contributed by atoms with Crippen LogP contribution in [0.1, 0.15) is 31.7 Å². The molecule has 0 radical (unpaired) electrons. The van der Waals surface area contributed by atoms with Gasteiger partial charge in [-0.3, -0.25) is 4.79 Å². The molecule has 0 aromatic carbocycles. The number of hydrogen-bond acceptors (Lipinski definition) is 3. The van der Waals surface area contributed by atoms with E-state index in [-0.39, 0.29) is 5.91 Å². The lowest BCUT2D eigenvalue weighted by molar-refractivity contribution is -0.130. The summed E-state index contributed by atoms with van der Waals surface area (Å²) in [5, 5.41) is 0. The number of piperidine rings is 1. The lowest BCUT2D eigenvalue weighted by Crippen LogP contribution is -2.38. The molecule has 1 aromatic heterocycles. The summed E-state index contributed by atoms with van der Waals surface area (Å²) in [7, 11) is 4.02. The van der Waals surface area contributed by atoms with Crippen LogP contribution in [0, 0.1) is 5.92 Å². The predicted octanol–water partition coefficient (Wildman–Crippen LogP) is 2.34. The first-order chi connectivity index (χ1) is 9.56. The molecule has 0 N–H and O–H groups in total. The highest BCUT2D eigenvalue weighted by molar-refractivity contribution is 5.73. The van der Waals surface area contributed by atoms with Crippen molar-refractivity contribution >= 4 is 11.7 Å². The number of hydrogen-bond donors (Lipinski definition) is 0. The van der Waals surface area contributed by atoms with Gasteiger partial charge < -0.3 is 9.80 Å². The fraction of sp³-hybridized carbons (Fsp3) is 0.625. The Hall–Kier alpha value is -1.58. The van der Waals surface area contributed by atoms with Crippen molar-refractivity contribution in [3.8, 4) is 0 Å². The number of anilines is 1. The predicted molar refractivity (Wildman–Crippen MR) is 81.9 cm³/mol. The van der Waals surface area contributed by atoms with Crippen molar-refractivity contribution in [1.82, 2.24) is 9.88 Å². The van der Waals surface area contributed by atoms with E-state index in [1.165, 1.54) is 12.0 Å². The first kappa shape index (κ1) is 14.8. The summed E-state index contributed by atoms with van der Waals surface area (Å²) in [5.41, 5.74) is 1.34. The van der Waals surface area contributed by atoms with Gasteiger partial charge in [0.1, 0.15) is 5.82 Å². The molecule has 1 aliphatic rings. The van der Waals surface area contributed by atoms with Crippen molar-refractivity contribution in [3.63, 3.8) is 0 Å². The number of carbonyl (C=O) groups is 1. The third-order valence-electron chi connectivity index (χ3n) is 4.07. The zero-order valence-electron chi connectivity index (χ0n) is 12.8. The van der Waals surface area contributed by atoms with Crippen LogP contribution in [0.25, 0.3) is 0 Å². The SMILES string of the molecule is CC(=O)N1CCC[C@H](CCc2ccnc(N(C)C)c2)C1. The zero-order chi connectivity index (χ0) is 14.5. The fourth-order valence-electron chi connectivity index (χ4n) is 2.82. The number of aryl methyl sites for hydroxylation is 1. The lowest BCUT2D eigenvalue weighted by atomic mass is 9.92. The highest BCUT2D eigenvalue weighted by Gasteiger charge is 2.21. The van der Waals surface area contributed by atoms with E-state index in [1.807, 2.05) is 30.1 Å². The topological polar surface area (TPSA) is 36.4 Å². The van der Waals surface area contributed by atoms with Gasteiger partial charge in [-0.25, -0.2) is 4.98 Å². The molecular formula is C16H25N3O. The standard InChI is InChI=1S/C16H25N3O/c1-13(20)19-10-4-5-15(12-19)7-6-14-8-9-17-16(11-14)18(2)3/h8-9,11,15H,4-7,10,12H2,1-3H3/t15-/m1/s1. The van der Waals surface area contributed by atoms with Gasteiger partial charge in [0.15, 0.2) is 0 Å². The number of pyridine rings is 1. The number of carbonyl (C=O) groups excluding carboxylic acids is 1. The second-order valence-corrected chi connectivity index (χ2v) is 5.93. The van der Waals surface area contributed by atoms with E-state index in [9.17, 15) is 4.79 Å². The van der Waals surface area contributed by atoms with Crippen molar-refractivity contribution in [3.05, 3.63) is 23.9 Å². The Morgan fingerprint density at radius 3 is 3.00 bits per heavy atom. The molecule has 1 fully saturated rings. The first-order valence-corrected chi connectivity index (χ1v) is 7.44. The van der Waals surface area contributed by atoms with Gasteiger partial charge >= 0.3 is 0 Å². The average molecular weight is 275 g/mol. The second kappa shape index (κ2) is 6.73. The van der Waals surface area contributed by atoms with E-state index in [4.69, 9.17) is 0 Å². The second-order valence-electron chi connectivity index (χ2n) is 5.93. The maximum Gasteiger partial charge on any atom is 0.219 e. The van der Waals surface area contributed by atoms with Crippen LogP contribution < -0.4 is 4.90 Å². The molecule has 2 rings (SSSR count). The quantitative estimate of drug-likeness (QED) is 0.846. The van der Waals surface area contributed by atoms with Crippen molar-refractivity contribution < 1.29 is 4.79 Å². The molecule has 110 valence electrons. The van der Waals surface area contributed by atoms with E-state index in [1.54, 1.807) is 6.92 Å². The Morgan fingerprint density at radius 2 is 2.30 bits per heavy atom. The molecule has 1 aromatic rings. The third kappa shape index (κ3) is 3.95. The van der Waals surface area contributed by atoms with Crippen LogP contribution in [0.15, 0.2) is 18.3 Å². The monoisotopic (exact) mass is 275 g/mol. The number of aromatic nitrogens is 1. The van der Waals surface area contributed by atoms with E-state index in [0.717, 1.165) is 38.2 Å². The maximum absolute atomic E-state index is 11.5. The molecule has 1 amide bonds. The van der Waals surface area contributed by atoms with E-state index in [2.05, 4.69) is 17.1 Å². The van der Waals surface area contributed by atoms with E-state index >= 15 is 0 Å². The third-order valence-corrected chi connectivity index (χ3v) is 4.07. The normalized spacial score (nSPS) is 18.9. The number of amides is 1. The van der Waals surface area contributed by atoms with Crippen LogP contribution in [-0.2, 0) is 11.2 Å². The smallest absolute Gasteiger partial charge is 0.219 e. The van der Waals surface area contributed by atoms with Crippen LogP contribution in [0.2, 0.25) is 0 Å². The van der Waals surface area contributed by atoms with Gasteiger partial charge in [0, 0.05) is 40.3 Å². The van der Waals surface area contributed by atoms with Gasteiger partial charge in [-0.1, -0.05) is 0 Å². The van der Waals surface area contributed by atoms with Crippen LogP contribution in [-0.4, -0.2) is 43.0 Å². The minimum atomic E-state index is 0.216. The molecule has 2 heterocycles. The summed E-state index contributed by atoms with van der Waals surface area (Å²) in [6, 6.07) is 4.25. The van der Waals surface area contributed by atoms with Gasteiger partial charge in [-0.05, 0) is 49.3 Å². The molecule has 0 saturated carbocycles. The summed E-state index contributed by atoms with van der Waals surface area (Å²) in [4.78, 5) is 19.8. The minimum Gasteiger partial charge on any atom is -0.363 e. The molecule has 4 heteroatoms. The van der Waals surface area contributed by atoms with Crippen molar-refractivity contribution in [1.29, 1.82) is 0 Å². The van der Waals surface area contributed by atoms with Crippen molar-refractivity contribution in [2.24, 2.45) is 5.92 Å². The van der Waals surface area contributed by atoms with Crippen LogP contribution in [0.5, 0.6) is 0 Å². The van der Waals surface area contributed by atoms with Crippen molar-refractivity contribution in [2.75, 3.05) is 32.1 Å². The summed E-state index contributed by atoms with van der Waals surface area (Å²) < 4.78 is 0. The van der Waals surface area contributed by atoms with Crippen LogP contribution >= 0.6 is 0 Å². The van der Waals surface area contributed by atoms with Crippen LogP contribution in [0.4, 0.5) is 5.82 Å². The molecule has 1 aliphatic heterocycles. The first-order valence-electron chi connectivity index (χ1n) is 7.44. The largest absolute Gasteiger partial charge is 0.363 e. The fourth-order valence-corrected chi connectivity index (χ4v) is 2.82. The maximum atomic E-state index is 11.5. The molecule has 0 bridgehead atoms. The van der Waals surface area contributed by atoms with Gasteiger partial charge in [0.25, 0.3) is 0 Å². The Morgan fingerprint density at radius 1 is 1.50 bits per heavy atom. The molecule has 1 saturated heterocycles. The lowest BCUT2D eigenvalue weighted by Gasteiger charge is -2.32. The Labute approximate surface area is 121 Å². The van der Waals surface area contributed by atoms with Gasteiger partial charge in [0.2, 0.25) is 5.91 Å².